The van der Waals surface area contributed by atoms with E-state index >= 15 is 0 Å². The molecule has 0 spiro atoms. The van der Waals surface area contributed by atoms with Crippen LogP contribution < -0.4 is 15.5 Å². The fraction of sp³-hybridized carbons (Fsp3) is 0.0455. The Morgan fingerprint density at radius 2 is 1.77 bits per heavy atom. The molecule has 2 N–H and O–H groups in total. The third kappa shape index (κ3) is 6.91. The molecule has 0 unspecified atom stereocenters. The normalized spacial score (nSPS) is 10.7. The van der Waals surface area contributed by atoms with Crippen LogP contribution in [0.25, 0.3) is 0 Å². The van der Waals surface area contributed by atoms with Crippen LogP contribution in [0.1, 0.15) is 15.9 Å². The van der Waals surface area contributed by atoms with E-state index in [0.29, 0.717) is 32.1 Å². The Labute approximate surface area is 191 Å². The number of nitrogens with zero attached hydrogens (tertiary/aromatic N) is 1. The molecule has 6 nitrogen and oxygen atoms in total. The summed E-state index contributed by atoms with van der Waals surface area (Å²) >= 11 is 9.18. The molecule has 0 aromatic heterocycles. The maximum atomic E-state index is 12.9. The maximum absolute atomic E-state index is 12.9. The van der Waals surface area contributed by atoms with Gasteiger partial charge in [0.2, 0.25) is 0 Å². The molecule has 9 heteroatoms. The van der Waals surface area contributed by atoms with Crippen molar-refractivity contribution in [3.63, 3.8) is 0 Å². The Morgan fingerprint density at radius 1 is 1.06 bits per heavy atom. The van der Waals surface area contributed by atoms with E-state index in [0.717, 1.165) is 0 Å². The van der Waals surface area contributed by atoms with E-state index in [1.807, 2.05) is 0 Å². The standard InChI is InChI=1S/C22H16BrClFN3O3/c23-19-11-14(12-26-28-22(30)15-2-4-16(24)5-3-15)1-10-20(19)31-13-21(29)27-18-8-6-17(25)7-9-18/h1-12H,13H2,(H,27,29)(H,28,30)/b26-12-. The maximum Gasteiger partial charge on any atom is 0.271 e. The molecular formula is C22H16BrClFN3O3. The minimum absolute atomic E-state index is 0.222. The monoisotopic (exact) mass is 503 g/mol. The molecule has 2 amide bonds. The summed E-state index contributed by atoms with van der Waals surface area (Å²) < 4.78 is 19.0. The van der Waals surface area contributed by atoms with Gasteiger partial charge in [-0.1, -0.05) is 11.6 Å². The summed E-state index contributed by atoms with van der Waals surface area (Å²) in [6.45, 7) is -0.222. The first-order chi connectivity index (χ1) is 14.9. The smallest absolute Gasteiger partial charge is 0.271 e. The fourth-order valence-corrected chi connectivity index (χ4v) is 3.06. The van der Waals surface area contributed by atoms with Crippen LogP contribution in [0.15, 0.2) is 76.3 Å². The highest BCUT2D eigenvalue weighted by Gasteiger charge is 2.08. The lowest BCUT2D eigenvalue weighted by Crippen LogP contribution is -2.20. The zero-order valence-corrected chi connectivity index (χ0v) is 18.3. The minimum Gasteiger partial charge on any atom is -0.483 e. The second-order valence-electron chi connectivity index (χ2n) is 6.24. The average Bonchev–Trinajstić information content (AvgIpc) is 2.75. The van der Waals surface area contributed by atoms with Crippen molar-refractivity contribution in [1.82, 2.24) is 5.43 Å². The van der Waals surface area contributed by atoms with Gasteiger partial charge in [-0.15, -0.1) is 0 Å². The van der Waals surface area contributed by atoms with Gasteiger partial charge in [-0.3, -0.25) is 9.59 Å². The van der Waals surface area contributed by atoms with Crippen molar-refractivity contribution in [2.24, 2.45) is 5.10 Å². The number of benzene rings is 3. The van der Waals surface area contributed by atoms with Gasteiger partial charge in [-0.2, -0.15) is 5.10 Å². The van der Waals surface area contributed by atoms with Crippen LogP contribution in [0, 0.1) is 5.82 Å². The molecule has 0 saturated carbocycles. The topological polar surface area (TPSA) is 79.8 Å². The summed E-state index contributed by atoms with van der Waals surface area (Å²) in [5.41, 5.74) is 4.04. The van der Waals surface area contributed by atoms with E-state index in [1.165, 1.54) is 30.5 Å². The third-order valence-corrected chi connectivity index (χ3v) is 4.80. The first-order valence-corrected chi connectivity index (χ1v) is 10.1. The van der Waals surface area contributed by atoms with Gasteiger partial charge in [0, 0.05) is 16.3 Å². The SMILES string of the molecule is O=C(COc1ccc(/C=N\NC(=O)c2ccc(Cl)cc2)cc1Br)Nc1ccc(F)cc1. The van der Waals surface area contributed by atoms with Gasteiger partial charge in [0.1, 0.15) is 11.6 Å². The molecule has 158 valence electrons. The molecule has 3 aromatic carbocycles. The molecule has 0 fully saturated rings. The zero-order valence-electron chi connectivity index (χ0n) is 15.9. The molecule has 0 aliphatic rings. The number of halogens is 3. The van der Waals surface area contributed by atoms with Crippen molar-refractivity contribution < 1.29 is 18.7 Å². The van der Waals surface area contributed by atoms with Crippen LogP contribution in [0.3, 0.4) is 0 Å². The number of anilines is 1. The lowest BCUT2D eigenvalue weighted by atomic mass is 10.2. The lowest BCUT2D eigenvalue weighted by molar-refractivity contribution is -0.118. The summed E-state index contributed by atoms with van der Waals surface area (Å²) in [6.07, 6.45) is 1.48. The van der Waals surface area contributed by atoms with Crippen LogP contribution in [0.2, 0.25) is 5.02 Å². The number of amides is 2. The Balaban J connectivity index is 1.51. The predicted molar refractivity (Wildman–Crippen MR) is 121 cm³/mol. The highest BCUT2D eigenvalue weighted by Crippen LogP contribution is 2.25. The van der Waals surface area contributed by atoms with E-state index in [4.69, 9.17) is 16.3 Å². The highest BCUT2D eigenvalue weighted by molar-refractivity contribution is 9.10. The zero-order chi connectivity index (χ0) is 22.2. The predicted octanol–water partition coefficient (Wildman–Crippen LogP) is 5.02. The number of nitrogens with one attached hydrogen (secondary N) is 2. The lowest BCUT2D eigenvalue weighted by Gasteiger charge is -2.09. The molecule has 3 rings (SSSR count). The van der Waals surface area contributed by atoms with Crippen LogP contribution in [0.4, 0.5) is 10.1 Å². The molecule has 0 aliphatic carbocycles. The van der Waals surface area contributed by atoms with Crippen molar-refractivity contribution in [3.05, 3.63) is 93.2 Å². The molecule has 0 bridgehead atoms. The molecule has 0 saturated heterocycles. The quantitative estimate of drug-likeness (QED) is 0.350. The Bertz CT molecular complexity index is 1110. The molecule has 0 atom stereocenters. The van der Waals surface area contributed by atoms with Crippen LogP contribution >= 0.6 is 27.5 Å². The number of carbonyl (C=O) groups is 2. The van der Waals surface area contributed by atoms with Gasteiger partial charge in [-0.05, 0) is 88.2 Å². The fourth-order valence-electron chi connectivity index (χ4n) is 2.42. The minimum atomic E-state index is -0.383. The highest BCUT2D eigenvalue weighted by atomic mass is 79.9. The molecule has 0 heterocycles. The largest absolute Gasteiger partial charge is 0.483 e. The van der Waals surface area contributed by atoms with Crippen molar-refractivity contribution >= 4 is 51.2 Å². The van der Waals surface area contributed by atoms with Gasteiger partial charge in [0.05, 0.1) is 10.7 Å². The number of hydrogen-bond acceptors (Lipinski definition) is 4. The first-order valence-electron chi connectivity index (χ1n) is 8.97. The summed E-state index contributed by atoms with van der Waals surface area (Å²) in [6, 6.07) is 17.0. The van der Waals surface area contributed by atoms with Gasteiger partial charge in [0.15, 0.2) is 6.61 Å². The van der Waals surface area contributed by atoms with E-state index < -0.39 is 0 Å². The molecule has 0 aliphatic heterocycles. The van der Waals surface area contributed by atoms with Crippen LogP contribution in [-0.2, 0) is 4.79 Å². The van der Waals surface area contributed by atoms with E-state index in [1.54, 1.807) is 42.5 Å². The number of hydrogen-bond donors (Lipinski definition) is 2. The van der Waals surface area contributed by atoms with Crippen molar-refractivity contribution in [3.8, 4) is 5.75 Å². The van der Waals surface area contributed by atoms with E-state index in [9.17, 15) is 14.0 Å². The summed E-state index contributed by atoms with van der Waals surface area (Å²) in [5, 5.41) is 7.08. The first kappa shape index (κ1) is 22.5. The summed E-state index contributed by atoms with van der Waals surface area (Å²) in [5.74, 6) is -0.670. The van der Waals surface area contributed by atoms with Crippen molar-refractivity contribution in [1.29, 1.82) is 0 Å². The van der Waals surface area contributed by atoms with Crippen LogP contribution in [-0.4, -0.2) is 24.6 Å². The summed E-state index contributed by atoms with van der Waals surface area (Å²) in [7, 11) is 0. The molecule has 31 heavy (non-hydrogen) atoms. The third-order valence-electron chi connectivity index (χ3n) is 3.93. The van der Waals surface area contributed by atoms with Gasteiger partial charge >= 0.3 is 0 Å². The Kier molecular flexibility index (Phi) is 7.75. The van der Waals surface area contributed by atoms with Crippen LogP contribution in [0.5, 0.6) is 5.75 Å². The second kappa shape index (κ2) is 10.7. The Hall–Kier alpha value is -3.23. The molecular weight excluding hydrogens is 489 g/mol. The Morgan fingerprint density at radius 3 is 2.45 bits per heavy atom. The molecule has 3 aromatic rings. The number of rotatable bonds is 7. The second-order valence-corrected chi connectivity index (χ2v) is 7.53. The number of hydrazone groups is 1. The van der Waals surface area contributed by atoms with Gasteiger partial charge in [0.25, 0.3) is 11.8 Å². The van der Waals surface area contributed by atoms with E-state index in [2.05, 4.69) is 31.8 Å². The summed E-state index contributed by atoms with van der Waals surface area (Å²) in [4.78, 5) is 24.0. The van der Waals surface area contributed by atoms with Gasteiger partial charge in [-0.25, -0.2) is 9.82 Å². The van der Waals surface area contributed by atoms with Gasteiger partial charge < -0.3 is 10.1 Å². The van der Waals surface area contributed by atoms with Crippen molar-refractivity contribution in [2.75, 3.05) is 11.9 Å². The number of ether oxygens (including phenoxy) is 1. The molecule has 0 radical (unpaired) electrons. The number of carbonyl (C=O) groups excluding carboxylic acids is 2. The average molecular weight is 505 g/mol. The van der Waals surface area contributed by atoms with E-state index in [-0.39, 0.29) is 24.2 Å². The van der Waals surface area contributed by atoms with Crippen molar-refractivity contribution in [2.45, 2.75) is 0 Å².